The molecule has 2 aromatic heterocycles. The van der Waals surface area contributed by atoms with Gasteiger partial charge in [-0.1, -0.05) is 18.1 Å². The van der Waals surface area contributed by atoms with Gasteiger partial charge in [-0.2, -0.15) is 11.3 Å². The van der Waals surface area contributed by atoms with Gasteiger partial charge in [0.15, 0.2) is 5.58 Å². The van der Waals surface area contributed by atoms with Crippen molar-refractivity contribution in [3.05, 3.63) is 52.5 Å². The van der Waals surface area contributed by atoms with Crippen LogP contribution in [0.1, 0.15) is 11.5 Å². The highest BCUT2D eigenvalue weighted by atomic mass is 32.1. The Kier molecular flexibility index (Phi) is 2.21. The summed E-state index contributed by atoms with van der Waals surface area (Å²) in [4.78, 5) is 4.28. The second-order valence-electron chi connectivity index (χ2n) is 3.25. The normalized spacial score (nSPS) is 10.0. The van der Waals surface area contributed by atoms with E-state index in [9.17, 15) is 0 Å². The highest BCUT2D eigenvalue weighted by Gasteiger charge is 2.00. The van der Waals surface area contributed by atoms with E-state index in [0.717, 1.165) is 16.7 Å². The lowest BCUT2D eigenvalue weighted by molar-refractivity contribution is 0.586. The van der Waals surface area contributed by atoms with Gasteiger partial charge in [0.1, 0.15) is 5.52 Å². The van der Waals surface area contributed by atoms with Crippen LogP contribution in [0.3, 0.4) is 0 Å². The Morgan fingerprint density at radius 3 is 2.88 bits per heavy atom. The Hall–Kier alpha value is -2.05. The molecular formula is C13H7NOS. The molecule has 2 heterocycles. The topological polar surface area (TPSA) is 26.0 Å². The molecule has 0 aliphatic rings. The van der Waals surface area contributed by atoms with Crippen molar-refractivity contribution in [2.24, 2.45) is 0 Å². The van der Waals surface area contributed by atoms with Gasteiger partial charge in [-0.05, 0) is 29.5 Å². The van der Waals surface area contributed by atoms with E-state index in [4.69, 9.17) is 4.42 Å². The Labute approximate surface area is 96.6 Å². The minimum Gasteiger partial charge on any atom is -0.430 e. The number of aromatic nitrogens is 1. The third-order valence-corrected chi connectivity index (χ3v) is 2.81. The molecule has 3 rings (SSSR count). The molecule has 1 aromatic carbocycles. The summed E-state index contributed by atoms with van der Waals surface area (Å²) in [6.07, 6.45) is 0. The number of hydrogen-bond donors (Lipinski definition) is 0. The molecular weight excluding hydrogens is 218 g/mol. The van der Waals surface area contributed by atoms with E-state index in [1.165, 1.54) is 0 Å². The van der Waals surface area contributed by atoms with Crippen molar-refractivity contribution in [3.63, 3.8) is 0 Å². The summed E-state index contributed by atoms with van der Waals surface area (Å²) in [5, 5.41) is 3.99. The number of oxazole rings is 1. The molecule has 76 valence electrons. The summed E-state index contributed by atoms with van der Waals surface area (Å²) in [5.41, 5.74) is 2.61. The first-order chi connectivity index (χ1) is 7.92. The molecule has 0 aliphatic heterocycles. The zero-order valence-electron chi connectivity index (χ0n) is 8.31. The average Bonchev–Trinajstić information content (AvgIpc) is 2.95. The number of para-hydroxylation sites is 2. The van der Waals surface area contributed by atoms with Crippen LogP contribution in [0.4, 0.5) is 0 Å². The van der Waals surface area contributed by atoms with E-state index in [1.54, 1.807) is 11.3 Å². The fourth-order valence-corrected chi connectivity index (χ4v) is 1.97. The third kappa shape index (κ3) is 1.71. The zero-order chi connectivity index (χ0) is 10.8. The lowest BCUT2D eigenvalue weighted by atomic mass is 10.3. The molecule has 0 N–H and O–H groups in total. The number of fused-ring (bicyclic) bond motifs is 1. The molecule has 0 bridgehead atoms. The van der Waals surface area contributed by atoms with Gasteiger partial charge >= 0.3 is 0 Å². The minimum atomic E-state index is 0.465. The first kappa shape index (κ1) is 9.20. The molecule has 0 amide bonds. The molecule has 0 saturated heterocycles. The van der Waals surface area contributed by atoms with Crippen molar-refractivity contribution < 1.29 is 4.42 Å². The van der Waals surface area contributed by atoms with Crippen molar-refractivity contribution in [2.45, 2.75) is 0 Å². The lowest BCUT2D eigenvalue weighted by Gasteiger charge is -1.79. The molecule has 0 saturated carbocycles. The Balaban J connectivity index is 2.01. The lowest BCUT2D eigenvalue weighted by Crippen LogP contribution is -1.71. The highest BCUT2D eigenvalue weighted by Crippen LogP contribution is 2.13. The van der Waals surface area contributed by atoms with Crippen molar-refractivity contribution in [1.82, 2.24) is 4.98 Å². The minimum absolute atomic E-state index is 0.465. The molecule has 2 nitrogen and oxygen atoms in total. The van der Waals surface area contributed by atoms with Crippen molar-refractivity contribution in [2.75, 3.05) is 0 Å². The van der Waals surface area contributed by atoms with Crippen molar-refractivity contribution in [1.29, 1.82) is 0 Å². The van der Waals surface area contributed by atoms with E-state index in [-0.39, 0.29) is 0 Å². The van der Waals surface area contributed by atoms with Gasteiger partial charge in [0.25, 0.3) is 5.89 Å². The fraction of sp³-hybridized carbons (Fsp3) is 0. The van der Waals surface area contributed by atoms with Crippen LogP contribution in [0, 0.1) is 11.8 Å². The Morgan fingerprint density at radius 1 is 1.12 bits per heavy atom. The van der Waals surface area contributed by atoms with Gasteiger partial charge in [-0.15, -0.1) is 0 Å². The summed E-state index contributed by atoms with van der Waals surface area (Å²) < 4.78 is 5.48. The van der Waals surface area contributed by atoms with Gasteiger partial charge in [-0.25, -0.2) is 4.98 Å². The highest BCUT2D eigenvalue weighted by molar-refractivity contribution is 7.08. The van der Waals surface area contributed by atoms with Crippen LogP contribution in [0.25, 0.3) is 11.1 Å². The number of hydrogen-bond acceptors (Lipinski definition) is 3. The second-order valence-corrected chi connectivity index (χ2v) is 4.03. The molecule has 0 atom stereocenters. The third-order valence-electron chi connectivity index (χ3n) is 2.13. The largest absolute Gasteiger partial charge is 0.430 e. The van der Waals surface area contributed by atoms with Crippen molar-refractivity contribution >= 4 is 22.4 Å². The molecule has 0 radical (unpaired) electrons. The Bertz CT molecular complexity index is 638. The number of nitrogens with zero attached hydrogens (tertiary/aromatic N) is 1. The van der Waals surface area contributed by atoms with Crippen LogP contribution in [-0.2, 0) is 0 Å². The van der Waals surface area contributed by atoms with Crippen LogP contribution in [0.2, 0.25) is 0 Å². The maximum atomic E-state index is 5.48. The summed E-state index contributed by atoms with van der Waals surface area (Å²) in [6, 6.07) is 9.62. The van der Waals surface area contributed by atoms with Gasteiger partial charge < -0.3 is 4.42 Å². The molecule has 0 spiro atoms. The quantitative estimate of drug-likeness (QED) is 0.549. The second kappa shape index (κ2) is 3.84. The molecule has 3 aromatic rings. The monoisotopic (exact) mass is 225 g/mol. The van der Waals surface area contributed by atoms with Crippen LogP contribution in [0.15, 0.2) is 45.5 Å². The van der Waals surface area contributed by atoms with Crippen molar-refractivity contribution in [3.8, 4) is 11.8 Å². The maximum Gasteiger partial charge on any atom is 0.274 e. The molecule has 3 heteroatoms. The summed E-state index contributed by atoms with van der Waals surface area (Å²) in [7, 11) is 0. The predicted molar refractivity (Wildman–Crippen MR) is 64.3 cm³/mol. The summed E-state index contributed by atoms with van der Waals surface area (Å²) >= 11 is 1.63. The van der Waals surface area contributed by atoms with Crippen LogP contribution >= 0.6 is 11.3 Å². The SMILES string of the molecule is C(#Cc1nc2ccccc2o1)c1ccsc1. The molecule has 0 aliphatic carbocycles. The fourth-order valence-electron chi connectivity index (χ4n) is 1.39. The van der Waals surface area contributed by atoms with Gasteiger partial charge in [0.05, 0.1) is 0 Å². The number of thiophene rings is 1. The van der Waals surface area contributed by atoms with E-state index in [0.29, 0.717) is 5.89 Å². The van der Waals surface area contributed by atoms with E-state index < -0.39 is 0 Å². The smallest absolute Gasteiger partial charge is 0.274 e. The van der Waals surface area contributed by atoms with E-state index in [2.05, 4.69) is 16.8 Å². The van der Waals surface area contributed by atoms with Crippen LogP contribution in [0.5, 0.6) is 0 Å². The molecule has 0 unspecified atom stereocenters. The van der Waals surface area contributed by atoms with Crippen LogP contribution < -0.4 is 0 Å². The summed E-state index contributed by atoms with van der Waals surface area (Å²) in [6.45, 7) is 0. The van der Waals surface area contributed by atoms with Gasteiger partial charge in [0, 0.05) is 10.9 Å². The molecule has 16 heavy (non-hydrogen) atoms. The first-order valence-corrected chi connectivity index (χ1v) is 5.76. The van der Waals surface area contributed by atoms with Crippen LogP contribution in [-0.4, -0.2) is 4.98 Å². The standard InChI is InChI=1S/C13H7NOS/c1-2-4-12-11(3-1)14-13(15-12)6-5-10-7-8-16-9-10/h1-4,7-9H. The predicted octanol–water partition coefficient (Wildman–Crippen LogP) is 3.29. The number of rotatable bonds is 0. The van der Waals surface area contributed by atoms with Gasteiger partial charge in [0.2, 0.25) is 0 Å². The molecule has 0 fully saturated rings. The van der Waals surface area contributed by atoms with Gasteiger partial charge in [-0.3, -0.25) is 0 Å². The first-order valence-electron chi connectivity index (χ1n) is 4.81. The Morgan fingerprint density at radius 2 is 2.06 bits per heavy atom. The maximum absolute atomic E-state index is 5.48. The number of benzene rings is 1. The van der Waals surface area contributed by atoms with E-state index >= 15 is 0 Å². The zero-order valence-corrected chi connectivity index (χ0v) is 9.12. The summed E-state index contributed by atoms with van der Waals surface area (Å²) in [5.74, 6) is 6.39. The van der Waals surface area contributed by atoms with E-state index in [1.807, 2.05) is 41.1 Å². The average molecular weight is 225 g/mol.